The summed E-state index contributed by atoms with van der Waals surface area (Å²) >= 11 is 6.28. The van der Waals surface area contributed by atoms with Crippen LogP contribution in [0.4, 0.5) is 0 Å². The summed E-state index contributed by atoms with van der Waals surface area (Å²) in [6, 6.07) is 8.03. The lowest BCUT2D eigenvalue weighted by Crippen LogP contribution is -2.45. The molecule has 0 bridgehead atoms. The number of halogens is 2. The summed E-state index contributed by atoms with van der Waals surface area (Å²) in [5, 5.41) is 4.01. The van der Waals surface area contributed by atoms with Crippen molar-refractivity contribution in [3.05, 3.63) is 34.9 Å². The minimum absolute atomic E-state index is 0. The lowest BCUT2D eigenvalue weighted by molar-refractivity contribution is 0.507. The van der Waals surface area contributed by atoms with E-state index in [1.165, 1.54) is 5.56 Å². The van der Waals surface area contributed by atoms with E-state index >= 15 is 0 Å². The first-order chi connectivity index (χ1) is 8.82. The Bertz CT molecular complexity index is 490. The molecule has 0 spiro atoms. The quantitative estimate of drug-likeness (QED) is 0.456. The lowest BCUT2D eigenvalue weighted by Gasteiger charge is -2.22. The molecule has 0 aliphatic heterocycles. The van der Waals surface area contributed by atoms with Crippen LogP contribution >= 0.6 is 35.6 Å². The maximum atomic E-state index is 6.28. The Balaban J connectivity index is 0.00000200. The summed E-state index contributed by atoms with van der Waals surface area (Å²) < 4.78 is 0. The molecule has 0 saturated heterocycles. The molecule has 3 N–H and O–H groups in total. The summed E-state index contributed by atoms with van der Waals surface area (Å²) in [7, 11) is 0. The van der Waals surface area contributed by atoms with Crippen molar-refractivity contribution >= 4 is 41.5 Å². The Morgan fingerprint density at radius 3 is 2.45 bits per heavy atom. The van der Waals surface area contributed by atoms with Crippen LogP contribution in [0.1, 0.15) is 39.2 Å². The van der Waals surface area contributed by atoms with E-state index in [2.05, 4.69) is 37.1 Å². The predicted molar refractivity (Wildman–Crippen MR) is 97.2 cm³/mol. The summed E-state index contributed by atoms with van der Waals surface area (Å²) in [5.74, 6) is 0.505. The van der Waals surface area contributed by atoms with Gasteiger partial charge in [-0.05, 0) is 45.2 Å². The largest absolute Gasteiger partial charge is 0.370 e. The number of hydrogen-bond donors (Lipinski definition) is 2. The van der Waals surface area contributed by atoms with Crippen LogP contribution in [0.15, 0.2) is 29.3 Å². The van der Waals surface area contributed by atoms with Gasteiger partial charge in [0.2, 0.25) is 0 Å². The van der Waals surface area contributed by atoms with Crippen molar-refractivity contribution < 1.29 is 0 Å². The van der Waals surface area contributed by atoms with Gasteiger partial charge in [0.25, 0.3) is 0 Å². The molecule has 0 atom stereocenters. The number of nitrogens with zero attached hydrogens (tertiary/aromatic N) is 1. The minimum atomic E-state index is -0.0608. The summed E-state index contributed by atoms with van der Waals surface area (Å²) in [4.78, 5) is 4.49. The highest BCUT2D eigenvalue weighted by Crippen LogP contribution is 2.50. The van der Waals surface area contributed by atoms with E-state index < -0.39 is 0 Å². The zero-order chi connectivity index (χ0) is 14.1. The van der Waals surface area contributed by atoms with Crippen molar-refractivity contribution in [2.45, 2.75) is 44.6 Å². The average molecular weight is 408 g/mol. The number of benzene rings is 1. The molecule has 0 heterocycles. The van der Waals surface area contributed by atoms with Crippen molar-refractivity contribution in [2.75, 3.05) is 6.54 Å². The molecule has 1 aliphatic rings. The highest BCUT2D eigenvalue weighted by atomic mass is 127. The second kappa shape index (κ2) is 6.52. The van der Waals surface area contributed by atoms with Crippen LogP contribution in [0, 0.1) is 0 Å². The van der Waals surface area contributed by atoms with Crippen molar-refractivity contribution in [3.63, 3.8) is 0 Å². The van der Waals surface area contributed by atoms with Crippen LogP contribution in [0.2, 0.25) is 5.02 Å². The second-order valence-corrected chi connectivity index (χ2v) is 6.74. The van der Waals surface area contributed by atoms with Crippen LogP contribution in [-0.2, 0) is 5.41 Å². The normalized spacial score (nSPS) is 17.3. The SMILES string of the molecule is CC(C)(C)NC(N)=NCC1(c2ccccc2Cl)CC1.I. The van der Waals surface area contributed by atoms with Gasteiger partial charge in [0.05, 0.1) is 6.54 Å². The van der Waals surface area contributed by atoms with Crippen molar-refractivity contribution in [2.24, 2.45) is 10.7 Å². The Morgan fingerprint density at radius 1 is 1.35 bits per heavy atom. The molecule has 112 valence electrons. The van der Waals surface area contributed by atoms with Gasteiger partial charge in [-0.2, -0.15) is 0 Å². The number of hydrogen-bond acceptors (Lipinski definition) is 1. The highest BCUT2D eigenvalue weighted by molar-refractivity contribution is 14.0. The van der Waals surface area contributed by atoms with E-state index in [0.717, 1.165) is 17.9 Å². The van der Waals surface area contributed by atoms with E-state index in [-0.39, 0.29) is 34.9 Å². The Hall–Kier alpha value is -0.490. The van der Waals surface area contributed by atoms with Gasteiger partial charge < -0.3 is 11.1 Å². The van der Waals surface area contributed by atoms with Crippen LogP contribution in [0.5, 0.6) is 0 Å². The van der Waals surface area contributed by atoms with E-state index in [9.17, 15) is 0 Å². The number of rotatable bonds is 3. The molecule has 1 aromatic carbocycles. The van der Waals surface area contributed by atoms with Gasteiger partial charge in [-0.15, -0.1) is 24.0 Å². The monoisotopic (exact) mass is 407 g/mol. The first-order valence-electron chi connectivity index (χ1n) is 6.66. The van der Waals surface area contributed by atoms with E-state index in [0.29, 0.717) is 12.5 Å². The van der Waals surface area contributed by atoms with Crippen molar-refractivity contribution in [1.82, 2.24) is 5.32 Å². The number of nitrogens with one attached hydrogen (secondary N) is 1. The van der Waals surface area contributed by atoms with Crippen LogP contribution < -0.4 is 11.1 Å². The summed E-state index contributed by atoms with van der Waals surface area (Å²) in [6.45, 7) is 6.90. The fourth-order valence-electron chi connectivity index (χ4n) is 2.22. The number of nitrogens with two attached hydrogens (primary N) is 1. The smallest absolute Gasteiger partial charge is 0.189 e. The lowest BCUT2D eigenvalue weighted by atomic mass is 9.96. The molecule has 1 fully saturated rings. The molecule has 1 aliphatic carbocycles. The molecule has 0 unspecified atom stereocenters. The first-order valence-corrected chi connectivity index (χ1v) is 7.03. The molecule has 2 rings (SSSR count). The molecule has 20 heavy (non-hydrogen) atoms. The maximum Gasteiger partial charge on any atom is 0.189 e. The topological polar surface area (TPSA) is 50.4 Å². The molecule has 5 heteroatoms. The van der Waals surface area contributed by atoms with E-state index in [1.54, 1.807) is 0 Å². The third-order valence-electron chi connectivity index (χ3n) is 3.35. The van der Waals surface area contributed by atoms with Crippen molar-refractivity contribution in [3.8, 4) is 0 Å². The van der Waals surface area contributed by atoms with Crippen LogP contribution in [0.25, 0.3) is 0 Å². The predicted octanol–water partition coefficient (Wildman–Crippen LogP) is 3.69. The van der Waals surface area contributed by atoms with Gasteiger partial charge in [-0.25, -0.2) is 0 Å². The van der Waals surface area contributed by atoms with Gasteiger partial charge >= 0.3 is 0 Å². The Kier molecular flexibility index (Phi) is 5.72. The number of aliphatic imine (C=N–C) groups is 1. The second-order valence-electron chi connectivity index (χ2n) is 6.34. The molecule has 0 aromatic heterocycles. The maximum absolute atomic E-state index is 6.28. The van der Waals surface area contributed by atoms with Crippen LogP contribution in [0.3, 0.4) is 0 Å². The minimum Gasteiger partial charge on any atom is -0.370 e. The molecular weight excluding hydrogens is 385 g/mol. The highest BCUT2D eigenvalue weighted by Gasteiger charge is 2.45. The van der Waals surface area contributed by atoms with Crippen LogP contribution in [-0.4, -0.2) is 18.0 Å². The molecule has 0 amide bonds. The van der Waals surface area contributed by atoms with Gasteiger partial charge in [0.1, 0.15) is 0 Å². The first kappa shape index (κ1) is 17.6. The average Bonchev–Trinajstić information content (AvgIpc) is 3.06. The molecule has 3 nitrogen and oxygen atoms in total. The van der Waals surface area contributed by atoms with E-state index in [4.69, 9.17) is 17.3 Å². The Morgan fingerprint density at radius 2 is 1.95 bits per heavy atom. The fourth-order valence-corrected chi connectivity index (χ4v) is 2.55. The summed E-state index contributed by atoms with van der Waals surface area (Å²) in [6.07, 6.45) is 2.26. The molecule has 1 saturated carbocycles. The van der Waals surface area contributed by atoms with Crippen molar-refractivity contribution in [1.29, 1.82) is 0 Å². The molecular formula is C15H23ClIN3. The van der Waals surface area contributed by atoms with Gasteiger partial charge in [0, 0.05) is 16.0 Å². The third kappa shape index (κ3) is 4.52. The zero-order valence-electron chi connectivity index (χ0n) is 12.2. The van der Waals surface area contributed by atoms with Gasteiger partial charge in [-0.3, -0.25) is 4.99 Å². The summed E-state index contributed by atoms with van der Waals surface area (Å²) in [5.41, 5.74) is 7.15. The standard InChI is InChI=1S/C15H22ClN3.HI/c1-14(2,3)19-13(17)18-10-15(8-9-15)11-6-4-5-7-12(11)16;/h4-7H,8-10H2,1-3H3,(H3,17,18,19);1H. The van der Waals surface area contributed by atoms with E-state index in [1.807, 2.05) is 18.2 Å². The molecule has 1 aromatic rings. The molecule has 0 radical (unpaired) electrons. The third-order valence-corrected chi connectivity index (χ3v) is 3.68. The number of guanidine groups is 1. The fraction of sp³-hybridized carbons (Fsp3) is 0.533. The van der Waals surface area contributed by atoms with Gasteiger partial charge in [-0.1, -0.05) is 29.8 Å². The van der Waals surface area contributed by atoms with Gasteiger partial charge in [0.15, 0.2) is 5.96 Å². The zero-order valence-corrected chi connectivity index (χ0v) is 15.3. The Labute approximate surface area is 143 Å².